The number of likely N-dealkylation sites (tertiary alicyclic amines) is 1. The van der Waals surface area contributed by atoms with Gasteiger partial charge in [0.15, 0.2) is 0 Å². The van der Waals surface area contributed by atoms with Crippen LogP contribution in [-0.2, 0) is 9.47 Å². The summed E-state index contributed by atoms with van der Waals surface area (Å²) in [6, 6.07) is 0. The summed E-state index contributed by atoms with van der Waals surface area (Å²) >= 11 is 0. The first-order valence-electron chi connectivity index (χ1n) is 8.67. The Balaban J connectivity index is 1.88. The fourth-order valence-electron chi connectivity index (χ4n) is 3.64. The third-order valence-electron chi connectivity index (χ3n) is 4.96. The molecule has 1 N–H and O–H groups in total. The fourth-order valence-corrected chi connectivity index (χ4v) is 3.64. The maximum atomic E-state index is 5.61. The summed E-state index contributed by atoms with van der Waals surface area (Å²) in [6.45, 7) is 12.2. The minimum Gasteiger partial charge on any atom is -0.381 e. The average molecular weight is 298 g/mol. The van der Waals surface area contributed by atoms with Gasteiger partial charge in [-0.25, -0.2) is 0 Å². The highest BCUT2D eigenvalue weighted by molar-refractivity contribution is 4.89. The monoisotopic (exact) mass is 298 g/mol. The minimum atomic E-state index is 0.392. The maximum absolute atomic E-state index is 5.61. The number of rotatable bonds is 7. The van der Waals surface area contributed by atoms with Crippen LogP contribution in [-0.4, -0.2) is 64.1 Å². The largest absolute Gasteiger partial charge is 0.381 e. The molecule has 4 nitrogen and oxygen atoms in total. The van der Waals surface area contributed by atoms with E-state index in [0.717, 1.165) is 38.8 Å². The highest BCUT2D eigenvalue weighted by atomic mass is 16.5. The van der Waals surface area contributed by atoms with Gasteiger partial charge in [0.05, 0.1) is 6.10 Å². The van der Waals surface area contributed by atoms with Gasteiger partial charge in [-0.05, 0) is 50.1 Å². The summed E-state index contributed by atoms with van der Waals surface area (Å²) in [5.41, 5.74) is 0.392. The van der Waals surface area contributed by atoms with Crippen LogP contribution < -0.4 is 5.32 Å². The van der Waals surface area contributed by atoms with Crippen LogP contribution in [0.25, 0.3) is 0 Å². The van der Waals surface area contributed by atoms with Crippen molar-refractivity contribution in [2.75, 3.05) is 53.0 Å². The van der Waals surface area contributed by atoms with E-state index >= 15 is 0 Å². The molecule has 2 fully saturated rings. The van der Waals surface area contributed by atoms with Crippen LogP contribution in [0, 0.1) is 11.3 Å². The predicted molar refractivity (Wildman–Crippen MR) is 86.7 cm³/mol. The van der Waals surface area contributed by atoms with E-state index in [0.29, 0.717) is 11.5 Å². The van der Waals surface area contributed by atoms with Crippen molar-refractivity contribution in [3.05, 3.63) is 0 Å². The molecule has 4 heteroatoms. The lowest BCUT2D eigenvalue weighted by molar-refractivity contribution is -0.0274. The van der Waals surface area contributed by atoms with Crippen molar-refractivity contribution in [3.8, 4) is 0 Å². The van der Waals surface area contributed by atoms with Gasteiger partial charge < -0.3 is 19.7 Å². The third kappa shape index (κ3) is 5.51. The molecule has 21 heavy (non-hydrogen) atoms. The van der Waals surface area contributed by atoms with Crippen LogP contribution in [0.2, 0.25) is 0 Å². The van der Waals surface area contributed by atoms with Gasteiger partial charge in [0.1, 0.15) is 0 Å². The number of nitrogens with zero attached hydrogens (tertiary/aromatic N) is 1. The summed E-state index contributed by atoms with van der Waals surface area (Å²) in [4.78, 5) is 2.63. The molecule has 0 bridgehead atoms. The molecule has 0 aromatic carbocycles. The molecule has 0 radical (unpaired) electrons. The molecule has 2 rings (SSSR count). The topological polar surface area (TPSA) is 33.7 Å². The van der Waals surface area contributed by atoms with E-state index in [1.54, 1.807) is 0 Å². The van der Waals surface area contributed by atoms with Crippen LogP contribution in [0.1, 0.15) is 39.5 Å². The average Bonchev–Trinajstić information content (AvgIpc) is 2.48. The Morgan fingerprint density at radius 3 is 2.76 bits per heavy atom. The lowest BCUT2D eigenvalue weighted by Gasteiger charge is -2.43. The van der Waals surface area contributed by atoms with Crippen molar-refractivity contribution >= 4 is 0 Å². The Hall–Kier alpha value is -0.160. The van der Waals surface area contributed by atoms with Crippen LogP contribution >= 0.6 is 0 Å². The molecular weight excluding hydrogens is 264 g/mol. The lowest BCUT2D eigenvalue weighted by Crippen LogP contribution is -2.51. The predicted octanol–water partition coefficient (Wildman–Crippen LogP) is 2.14. The Morgan fingerprint density at radius 2 is 2.10 bits per heavy atom. The van der Waals surface area contributed by atoms with Crippen LogP contribution in [0.5, 0.6) is 0 Å². The molecule has 2 aliphatic rings. The van der Waals surface area contributed by atoms with E-state index in [1.807, 2.05) is 7.11 Å². The Kier molecular flexibility index (Phi) is 6.93. The van der Waals surface area contributed by atoms with E-state index in [4.69, 9.17) is 9.47 Å². The second kappa shape index (κ2) is 8.47. The molecule has 2 aliphatic heterocycles. The SMILES string of the molecule is COC1CCCN(CC2(CNCC(C)C)CCOCC2)C1. The maximum Gasteiger partial charge on any atom is 0.0698 e. The van der Waals surface area contributed by atoms with Crippen LogP contribution in [0.15, 0.2) is 0 Å². The van der Waals surface area contributed by atoms with Crippen molar-refractivity contribution in [2.24, 2.45) is 11.3 Å². The van der Waals surface area contributed by atoms with E-state index in [1.165, 1.54) is 38.8 Å². The zero-order valence-electron chi connectivity index (χ0n) is 14.2. The van der Waals surface area contributed by atoms with Gasteiger partial charge in [-0.2, -0.15) is 0 Å². The highest BCUT2D eigenvalue weighted by Gasteiger charge is 2.35. The van der Waals surface area contributed by atoms with Gasteiger partial charge in [-0.1, -0.05) is 13.8 Å². The molecule has 2 heterocycles. The summed E-state index contributed by atoms with van der Waals surface area (Å²) in [5.74, 6) is 0.717. The molecule has 0 aromatic rings. The Morgan fingerprint density at radius 1 is 1.33 bits per heavy atom. The van der Waals surface area contributed by atoms with Gasteiger partial charge in [0.2, 0.25) is 0 Å². The number of ether oxygens (including phenoxy) is 2. The summed E-state index contributed by atoms with van der Waals surface area (Å²) in [7, 11) is 1.85. The smallest absolute Gasteiger partial charge is 0.0698 e. The van der Waals surface area contributed by atoms with Crippen LogP contribution in [0.3, 0.4) is 0 Å². The van der Waals surface area contributed by atoms with E-state index in [-0.39, 0.29) is 0 Å². The van der Waals surface area contributed by atoms with Crippen molar-refractivity contribution in [1.82, 2.24) is 10.2 Å². The molecule has 1 atom stereocenters. The first kappa shape index (κ1) is 17.2. The molecule has 0 saturated carbocycles. The Labute approximate surface area is 130 Å². The normalized spacial score (nSPS) is 27.1. The minimum absolute atomic E-state index is 0.392. The second-order valence-electron chi connectivity index (χ2n) is 7.37. The number of nitrogens with one attached hydrogen (secondary N) is 1. The third-order valence-corrected chi connectivity index (χ3v) is 4.96. The van der Waals surface area contributed by atoms with E-state index in [2.05, 4.69) is 24.1 Å². The first-order chi connectivity index (χ1) is 10.1. The standard InChI is InChI=1S/C17H34N2O2/c1-15(2)11-18-13-17(6-9-21-10-7-17)14-19-8-4-5-16(12-19)20-3/h15-16,18H,4-14H2,1-3H3. The van der Waals surface area contributed by atoms with Crippen molar-refractivity contribution in [2.45, 2.75) is 45.6 Å². The number of piperidine rings is 1. The van der Waals surface area contributed by atoms with Gasteiger partial charge in [-0.3, -0.25) is 0 Å². The molecule has 1 unspecified atom stereocenters. The lowest BCUT2D eigenvalue weighted by atomic mass is 9.79. The summed E-state index contributed by atoms with van der Waals surface area (Å²) in [5, 5.41) is 3.70. The molecular formula is C17H34N2O2. The van der Waals surface area contributed by atoms with Crippen molar-refractivity contribution in [1.29, 1.82) is 0 Å². The molecule has 124 valence electrons. The zero-order chi connectivity index (χ0) is 15.1. The van der Waals surface area contributed by atoms with E-state index < -0.39 is 0 Å². The van der Waals surface area contributed by atoms with Crippen molar-refractivity contribution < 1.29 is 9.47 Å². The Bertz CT molecular complexity index is 291. The van der Waals surface area contributed by atoms with Gasteiger partial charge >= 0.3 is 0 Å². The zero-order valence-corrected chi connectivity index (χ0v) is 14.2. The van der Waals surface area contributed by atoms with Crippen LogP contribution in [0.4, 0.5) is 0 Å². The van der Waals surface area contributed by atoms with Crippen molar-refractivity contribution in [3.63, 3.8) is 0 Å². The number of hydrogen-bond acceptors (Lipinski definition) is 4. The van der Waals surface area contributed by atoms with Gasteiger partial charge in [0, 0.05) is 40.0 Å². The summed E-state index contributed by atoms with van der Waals surface area (Å²) < 4.78 is 11.2. The fraction of sp³-hybridized carbons (Fsp3) is 1.00. The quantitative estimate of drug-likeness (QED) is 0.781. The number of hydrogen-bond donors (Lipinski definition) is 1. The molecule has 0 spiro atoms. The molecule has 0 amide bonds. The highest BCUT2D eigenvalue weighted by Crippen LogP contribution is 2.32. The summed E-state index contributed by atoms with van der Waals surface area (Å²) in [6.07, 6.45) is 5.29. The molecule has 0 aliphatic carbocycles. The van der Waals surface area contributed by atoms with Gasteiger partial charge in [0.25, 0.3) is 0 Å². The second-order valence-corrected chi connectivity index (χ2v) is 7.37. The molecule has 2 saturated heterocycles. The van der Waals surface area contributed by atoms with Gasteiger partial charge in [-0.15, -0.1) is 0 Å². The molecule has 0 aromatic heterocycles. The van der Waals surface area contributed by atoms with E-state index in [9.17, 15) is 0 Å². The first-order valence-corrected chi connectivity index (χ1v) is 8.67. The number of methoxy groups -OCH3 is 1.